The summed E-state index contributed by atoms with van der Waals surface area (Å²) in [6.07, 6.45) is 5.24. The molecular formula is C15H25ClN2S. The Kier molecular flexibility index (Phi) is 8.55. The van der Waals surface area contributed by atoms with E-state index in [0.717, 1.165) is 19.0 Å². The highest BCUT2D eigenvalue weighted by Gasteiger charge is 2.20. The minimum atomic E-state index is 0. The summed E-state index contributed by atoms with van der Waals surface area (Å²) in [5, 5.41) is 0. The summed E-state index contributed by atoms with van der Waals surface area (Å²) in [5.74, 6) is 1.19. The average Bonchev–Trinajstić information content (AvgIpc) is 2.42. The van der Waals surface area contributed by atoms with Gasteiger partial charge in [0.1, 0.15) is 0 Å². The number of piperidine rings is 1. The molecule has 1 unspecified atom stereocenters. The van der Waals surface area contributed by atoms with Gasteiger partial charge in [-0.05, 0) is 44.5 Å². The van der Waals surface area contributed by atoms with Crippen molar-refractivity contribution in [2.45, 2.75) is 36.6 Å². The molecular weight excluding hydrogens is 276 g/mol. The van der Waals surface area contributed by atoms with Gasteiger partial charge in [-0.1, -0.05) is 24.6 Å². The largest absolute Gasteiger partial charge is 0.330 e. The molecule has 1 aliphatic rings. The zero-order chi connectivity index (χ0) is 12.6. The van der Waals surface area contributed by atoms with Crippen LogP contribution in [0, 0.1) is 0 Å². The van der Waals surface area contributed by atoms with Gasteiger partial charge in [-0.25, -0.2) is 0 Å². The number of thioether (sulfide) groups is 1. The quantitative estimate of drug-likeness (QED) is 0.817. The lowest BCUT2D eigenvalue weighted by atomic mass is 9.99. The first-order valence-electron chi connectivity index (χ1n) is 7.02. The Hall–Kier alpha value is -0.220. The molecule has 1 aliphatic heterocycles. The molecule has 19 heavy (non-hydrogen) atoms. The molecule has 0 spiro atoms. The van der Waals surface area contributed by atoms with Crippen molar-refractivity contribution in [1.29, 1.82) is 0 Å². The van der Waals surface area contributed by atoms with E-state index in [1.165, 1.54) is 43.0 Å². The van der Waals surface area contributed by atoms with E-state index in [0.29, 0.717) is 0 Å². The average molecular weight is 301 g/mol. The standard InChI is InChI=1S/C15H24N2S.ClH/c16-10-9-14-6-4-5-11-17(14)12-13-18-15-7-2-1-3-8-15;/h1-3,7-8,14H,4-6,9-13,16H2;1H. The fourth-order valence-electron chi connectivity index (χ4n) is 2.67. The molecule has 0 bridgehead atoms. The number of hydrogen-bond donors (Lipinski definition) is 1. The molecule has 4 heteroatoms. The van der Waals surface area contributed by atoms with Crippen LogP contribution in [0.1, 0.15) is 25.7 Å². The molecule has 1 fully saturated rings. The Bertz CT molecular complexity index is 332. The summed E-state index contributed by atoms with van der Waals surface area (Å²) in [5.41, 5.74) is 5.71. The van der Waals surface area contributed by atoms with Crippen molar-refractivity contribution in [2.24, 2.45) is 5.73 Å². The third kappa shape index (κ3) is 5.74. The van der Waals surface area contributed by atoms with E-state index in [1.807, 2.05) is 11.8 Å². The van der Waals surface area contributed by atoms with Crippen molar-refractivity contribution in [3.05, 3.63) is 30.3 Å². The molecule has 0 aromatic heterocycles. The highest BCUT2D eigenvalue weighted by Crippen LogP contribution is 2.22. The van der Waals surface area contributed by atoms with Gasteiger partial charge in [-0.15, -0.1) is 24.2 Å². The molecule has 1 aromatic carbocycles. The highest BCUT2D eigenvalue weighted by atomic mass is 35.5. The SMILES string of the molecule is Cl.NCCC1CCCCN1CCSc1ccccc1. The number of hydrogen-bond acceptors (Lipinski definition) is 3. The van der Waals surface area contributed by atoms with E-state index in [-0.39, 0.29) is 12.4 Å². The van der Waals surface area contributed by atoms with Crippen molar-refractivity contribution >= 4 is 24.2 Å². The zero-order valence-corrected chi connectivity index (χ0v) is 13.1. The first kappa shape index (κ1) is 16.8. The van der Waals surface area contributed by atoms with Crippen LogP contribution in [-0.4, -0.2) is 36.3 Å². The third-order valence-corrected chi connectivity index (χ3v) is 4.63. The van der Waals surface area contributed by atoms with E-state index in [1.54, 1.807) is 0 Å². The molecule has 2 rings (SSSR count). The Morgan fingerprint density at radius 1 is 1.21 bits per heavy atom. The summed E-state index contributed by atoms with van der Waals surface area (Å²) < 4.78 is 0. The topological polar surface area (TPSA) is 29.3 Å². The molecule has 1 atom stereocenters. The smallest absolute Gasteiger partial charge is 0.0108 e. The Labute approximate surface area is 127 Å². The predicted molar refractivity (Wildman–Crippen MR) is 87.3 cm³/mol. The van der Waals surface area contributed by atoms with Gasteiger partial charge in [0.05, 0.1) is 0 Å². The van der Waals surface area contributed by atoms with E-state index in [2.05, 4.69) is 35.2 Å². The maximum atomic E-state index is 5.71. The Morgan fingerprint density at radius 2 is 2.00 bits per heavy atom. The number of likely N-dealkylation sites (tertiary alicyclic amines) is 1. The van der Waals surface area contributed by atoms with Gasteiger partial charge in [-0.3, -0.25) is 4.90 Å². The lowest BCUT2D eigenvalue weighted by molar-refractivity contribution is 0.151. The molecule has 2 nitrogen and oxygen atoms in total. The maximum absolute atomic E-state index is 5.71. The lowest BCUT2D eigenvalue weighted by Gasteiger charge is -2.35. The molecule has 0 saturated carbocycles. The molecule has 0 amide bonds. The van der Waals surface area contributed by atoms with Crippen LogP contribution in [0.3, 0.4) is 0 Å². The predicted octanol–water partition coefficient (Wildman–Crippen LogP) is 3.40. The van der Waals surface area contributed by atoms with E-state index in [9.17, 15) is 0 Å². The number of halogens is 1. The van der Waals surface area contributed by atoms with E-state index in [4.69, 9.17) is 5.73 Å². The summed E-state index contributed by atoms with van der Waals surface area (Å²) in [6, 6.07) is 11.4. The van der Waals surface area contributed by atoms with Crippen molar-refractivity contribution in [1.82, 2.24) is 4.90 Å². The van der Waals surface area contributed by atoms with Crippen LogP contribution in [0.5, 0.6) is 0 Å². The summed E-state index contributed by atoms with van der Waals surface area (Å²) in [7, 11) is 0. The molecule has 1 saturated heterocycles. The fraction of sp³-hybridized carbons (Fsp3) is 0.600. The van der Waals surface area contributed by atoms with Gasteiger partial charge in [0.2, 0.25) is 0 Å². The second kappa shape index (κ2) is 9.65. The van der Waals surface area contributed by atoms with Crippen molar-refractivity contribution in [3.8, 4) is 0 Å². The van der Waals surface area contributed by atoms with Crippen LogP contribution in [0.15, 0.2) is 35.2 Å². The normalized spacial score (nSPS) is 19.9. The van der Waals surface area contributed by atoms with E-state index >= 15 is 0 Å². The maximum Gasteiger partial charge on any atom is 0.0108 e. The second-order valence-electron chi connectivity index (χ2n) is 4.92. The molecule has 0 aliphatic carbocycles. The molecule has 2 N–H and O–H groups in total. The minimum Gasteiger partial charge on any atom is -0.330 e. The van der Waals surface area contributed by atoms with Gasteiger partial charge in [-0.2, -0.15) is 0 Å². The summed E-state index contributed by atoms with van der Waals surface area (Å²) in [4.78, 5) is 4.02. The highest BCUT2D eigenvalue weighted by molar-refractivity contribution is 7.99. The van der Waals surface area contributed by atoms with Gasteiger partial charge in [0.25, 0.3) is 0 Å². The second-order valence-corrected chi connectivity index (χ2v) is 6.09. The first-order chi connectivity index (χ1) is 8.90. The number of nitrogens with two attached hydrogens (primary N) is 1. The van der Waals surface area contributed by atoms with Crippen molar-refractivity contribution in [3.63, 3.8) is 0 Å². The molecule has 1 heterocycles. The van der Waals surface area contributed by atoms with Crippen molar-refractivity contribution < 1.29 is 0 Å². The van der Waals surface area contributed by atoms with Gasteiger partial charge < -0.3 is 5.73 Å². The van der Waals surface area contributed by atoms with Crippen LogP contribution in [0.4, 0.5) is 0 Å². The van der Waals surface area contributed by atoms with Crippen LogP contribution < -0.4 is 5.73 Å². The van der Waals surface area contributed by atoms with Crippen molar-refractivity contribution in [2.75, 3.05) is 25.4 Å². The summed E-state index contributed by atoms with van der Waals surface area (Å²) >= 11 is 1.96. The fourth-order valence-corrected chi connectivity index (χ4v) is 3.58. The van der Waals surface area contributed by atoms with Crippen LogP contribution >= 0.6 is 24.2 Å². The first-order valence-corrected chi connectivity index (χ1v) is 8.00. The monoisotopic (exact) mass is 300 g/mol. The van der Waals surface area contributed by atoms with Crippen LogP contribution in [0.2, 0.25) is 0 Å². The third-order valence-electron chi connectivity index (χ3n) is 3.64. The van der Waals surface area contributed by atoms with E-state index < -0.39 is 0 Å². The molecule has 108 valence electrons. The van der Waals surface area contributed by atoms with Gasteiger partial charge >= 0.3 is 0 Å². The molecule has 1 aromatic rings. The zero-order valence-electron chi connectivity index (χ0n) is 11.5. The van der Waals surface area contributed by atoms with Gasteiger partial charge in [0, 0.05) is 23.2 Å². The van der Waals surface area contributed by atoms with Crippen LogP contribution in [-0.2, 0) is 0 Å². The number of rotatable bonds is 6. The number of nitrogens with zero attached hydrogens (tertiary/aromatic N) is 1. The van der Waals surface area contributed by atoms with Gasteiger partial charge in [0.15, 0.2) is 0 Å². The lowest BCUT2D eigenvalue weighted by Crippen LogP contribution is -2.41. The Balaban J connectivity index is 0.00000180. The molecule has 0 radical (unpaired) electrons. The minimum absolute atomic E-state index is 0. The van der Waals surface area contributed by atoms with Crippen LogP contribution in [0.25, 0.3) is 0 Å². The Morgan fingerprint density at radius 3 is 2.74 bits per heavy atom. The number of benzene rings is 1. The summed E-state index contributed by atoms with van der Waals surface area (Å²) in [6.45, 7) is 3.29.